The van der Waals surface area contributed by atoms with Crippen LogP contribution in [0.25, 0.3) is 0 Å². The van der Waals surface area contributed by atoms with Crippen LogP contribution in [0.1, 0.15) is 13.3 Å². The number of amides is 3. The van der Waals surface area contributed by atoms with E-state index in [1.54, 1.807) is 7.11 Å². The highest BCUT2D eigenvalue weighted by Gasteiger charge is 2.08. The lowest BCUT2D eigenvalue weighted by molar-refractivity contribution is -0.119. The minimum Gasteiger partial charge on any atom is -0.384 e. The predicted octanol–water partition coefficient (Wildman–Crippen LogP) is 0.724. The normalized spacial score (nSPS) is 11.9. The van der Waals surface area contributed by atoms with Gasteiger partial charge in [0.15, 0.2) is 0 Å². The molecule has 6 heteroatoms. The highest BCUT2D eigenvalue weighted by atomic mass is 35.5. The zero-order valence-corrected chi connectivity index (χ0v) is 9.76. The fourth-order valence-electron chi connectivity index (χ4n) is 0.930. The molecule has 2 N–H and O–H groups in total. The van der Waals surface area contributed by atoms with Gasteiger partial charge in [-0.05, 0) is 5.92 Å². The highest BCUT2D eigenvalue weighted by molar-refractivity contribution is 6.19. The van der Waals surface area contributed by atoms with Gasteiger partial charge in [0.1, 0.15) is 0 Å². The average molecular weight is 237 g/mol. The maximum Gasteiger partial charge on any atom is 0.321 e. The first-order valence-corrected chi connectivity index (χ1v) is 5.26. The number of hydrogen-bond acceptors (Lipinski definition) is 3. The number of urea groups is 1. The summed E-state index contributed by atoms with van der Waals surface area (Å²) in [5.74, 6) is 0.0462. The Hall–Kier alpha value is -0.810. The zero-order valence-electron chi connectivity index (χ0n) is 9.01. The summed E-state index contributed by atoms with van der Waals surface area (Å²) in [6.07, 6.45) is 0.141. The molecule has 0 radical (unpaired) electrons. The molecule has 1 unspecified atom stereocenters. The number of ether oxygens (including phenoxy) is 1. The van der Waals surface area contributed by atoms with E-state index in [1.165, 1.54) is 0 Å². The Kier molecular flexibility index (Phi) is 8.04. The third-order valence-corrected chi connectivity index (χ3v) is 1.83. The van der Waals surface area contributed by atoms with Gasteiger partial charge in [-0.3, -0.25) is 10.1 Å². The van der Waals surface area contributed by atoms with Crippen LogP contribution < -0.4 is 10.6 Å². The number of carbonyl (C=O) groups excluding carboxylic acids is 2. The average Bonchev–Trinajstić information content (AvgIpc) is 2.15. The van der Waals surface area contributed by atoms with Gasteiger partial charge in [0.05, 0.1) is 6.61 Å². The summed E-state index contributed by atoms with van der Waals surface area (Å²) in [6.45, 7) is 2.97. The van der Waals surface area contributed by atoms with Crippen molar-refractivity contribution >= 4 is 23.5 Å². The summed E-state index contributed by atoms with van der Waals surface area (Å²) in [5.41, 5.74) is 0. The Morgan fingerprint density at radius 1 is 1.47 bits per heavy atom. The maximum absolute atomic E-state index is 11.1. The first kappa shape index (κ1) is 14.2. The lowest BCUT2D eigenvalue weighted by Gasteiger charge is -2.11. The number of methoxy groups -OCH3 is 1. The molecule has 0 rings (SSSR count). The zero-order chi connectivity index (χ0) is 11.7. The molecule has 0 fully saturated rings. The maximum atomic E-state index is 11.1. The van der Waals surface area contributed by atoms with E-state index >= 15 is 0 Å². The number of alkyl halides is 1. The molecule has 5 nitrogen and oxygen atoms in total. The smallest absolute Gasteiger partial charge is 0.321 e. The molecular formula is C9H17ClN2O3. The van der Waals surface area contributed by atoms with Crippen LogP contribution in [0.3, 0.4) is 0 Å². The number of halogens is 1. The van der Waals surface area contributed by atoms with Crippen molar-refractivity contribution in [2.45, 2.75) is 13.3 Å². The van der Waals surface area contributed by atoms with Gasteiger partial charge in [-0.15, -0.1) is 11.6 Å². The number of hydrogen-bond donors (Lipinski definition) is 2. The van der Waals surface area contributed by atoms with E-state index in [-0.39, 0.29) is 24.1 Å². The summed E-state index contributed by atoms with van der Waals surface area (Å²) in [6, 6.07) is -0.493. The second kappa shape index (κ2) is 8.49. The van der Waals surface area contributed by atoms with E-state index in [4.69, 9.17) is 16.3 Å². The molecule has 0 saturated carbocycles. The molecule has 0 aliphatic carbocycles. The molecule has 0 heterocycles. The topological polar surface area (TPSA) is 67.4 Å². The predicted molar refractivity (Wildman–Crippen MR) is 57.9 cm³/mol. The van der Waals surface area contributed by atoms with Gasteiger partial charge in [-0.2, -0.15) is 0 Å². The Labute approximate surface area is 94.5 Å². The first-order chi connectivity index (χ1) is 7.10. The molecule has 0 aromatic carbocycles. The van der Waals surface area contributed by atoms with E-state index in [0.29, 0.717) is 13.2 Å². The van der Waals surface area contributed by atoms with Crippen LogP contribution in [-0.2, 0) is 9.53 Å². The molecule has 0 aromatic rings. The quantitative estimate of drug-likeness (QED) is 0.668. The SMILES string of the molecule is COCC(C)CNC(=O)NC(=O)CCCl. The third kappa shape index (κ3) is 8.20. The van der Waals surface area contributed by atoms with Crippen molar-refractivity contribution in [1.29, 1.82) is 0 Å². The highest BCUT2D eigenvalue weighted by Crippen LogP contribution is 1.91. The van der Waals surface area contributed by atoms with Crippen LogP contribution in [0, 0.1) is 5.92 Å². The molecule has 1 atom stereocenters. The van der Waals surface area contributed by atoms with Crippen molar-refractivity contribution in [1.82, 2.24) is 10.6 Å². The van der Waals surface area contributed by atoms with Gasteiger partial charge in [-0.25, -0.2) is 4.79 Å². The molecule has 0 saturated heterocycles. The number of imide groups is 1. The summed E-state index contributed by atoms with van der Waals surface area (Å²) in [7, 11) is 1.60. The standard InChI is InChI=1S/C9H17ClN2O3/c1-7(6-15-2)5-11-9(14)12-8(13)3-4-10/h7H,3-6H2,1-2H3,(H2,11,12,13,14). The molecule has 0 aliphatic rings. The number of rotatable bonds is 6. The molecule has 0 aliphatic heterocycles. The van der Waals surface area contributed by atoms with Crippen LogP contribution >= 0.6 is 11.6 Å². The fraction of sp³-hybridized carbons (Fsp3) is 0.778. The van der Waals surface area contributed by atoms with Crippen LogP contribution in [0.2, 0.25) is 0 Å². The number of nitrogens with one attached hydrogen (secondary N) is 2. The van der Waals surface area contributed by atoms with E-state index in [9.17, 15) is 9.59 Å². The molecule has 88 valence electrons. The van der Waals surface area contributed by atoms with Crippen molar-refractivity contribution < 1.29 is 14.3 Å². The third-order valence-electron chi connectivity index (χ3n) is 1.64. The molecule has 0 spiro atoms. The van der Waals surface area contributed by atoms with Crippen LogP contribution in [0.4, 0.5) is 4.79 Å². The van der Waals surface area contributed by atoms with E-state index in [2.05, 4.69) is 10.6 Å². The molecule has 0 aromatic heterocycles. The van der Waals surface area contributed by atoms with E-state index < -0.39 is 6.03 Å². The van der Waals surface area contributed by atoms with Crippen LogP contribution in [0.15, 0.2) is 0 Å². The van der Waals surface area contributed by atoms with Crippen LogP contribution in [0.5, 0.6) is 0 Å². The summed E-state index contributed by atoms with van der Waals surface area (Å²) >= 11 is 5.34. The van der Waals surface area contributed by atoms with Crippen molar-refractivity contribution in [3.8, 4) is 0 Å². The molecule has 3 amide bonds. The van der Waals surface area contributed by atoms with Crippen LogP contribution in [-0.4, -0.2) is 38.1 Å². The second-order valence-electron chi connectivity index (χ2n) is 3.26. The Morgan fingerprint density at radius 3 is 2.67 bits per heavy atom. The van der Waals surface area contributed by atoms with Gasteiger partial charge in [-0.1, -0.05) is 6.92 Å². The number of carbonyl (C=O) groups is 2. The lowest BCUT2D eigenvalue weighted by atomic mass is 10.2. The Morgan fingerprint density at radius 2 is 2.13 bits per heavy atom. The summed E-state index contributed by atoms with van der Waals surface area (Å²) in [5, 5.41) is 4.73. The van der Waals surface area contributed by atoms with Gasteiger partial charge >= 0.3 is 6.03 Å². The van der Waals surface area contributed by atoms with Crippen molar-refractivity contribution in [2.75, 3.05) is 26.1 Å². The molecular weight excluding hydrogens is 220 g/mol. The van der Waals surface area contributed by atoms with E-state index in [1.807, 2.05) is 6.92 Å². The fourth-order valence-corrected chi connectivity index (χ4v) is 1.10. The Balaban J connectivity index is 3.61. The monoisotopic (exact) mass is 236 g/mol. The first-order valence-electron chi connectivity index (χ1n) is 4.72. The second-order valence-corrected chi connectivity index (χ2v) is 3.64. The van der Waals surface area contributed by atoms with Crippen molar-refractivity contribution in [2.24, 2.45) is 5.92 Å². The Bertz CT molecular complexity index is 212. The van der Waals surface area contributed by atoms with Gasteiger partial charge in [0.2, 0.25) is 5.91 Å². The van der Waals surface area contributed by atoms with Gasteiger partial charge in [0.25, 0.3) is 0 Å². The minimum absolute atomic E-state index is 0.141. The summed E-state index contributed by atoms with van der Waals surface area (Å²) in [4.78, 5) is 22.1. The summed E-state index contributed by atoms with van der Waals surface area (Å²) < 4.78 is 4.90. The largest absolute Gasteiger partial charge is 0.384 e. The van der Waals surface area contributed by atoms with Gasteiger partial charge < -0.3 is 10.1 Å². The molecule has 15 heavy (non-hydrogen) atoms. The van der Waals surface area contributed by atoms with Crippen molar-refractivity contribution in [3.63, 3.8) is 0 Å². The molecule has 0 bridgehead atoms. The lowest BCUT2D eigenvalue weighted by Crippen LogP contribution is -2.41. The van der Waals surface area contributed by atoms with E-state index in [0.717, 1.165) is 0 Å². The van der Waals surface area contributed by atoms with Crippen molar-refractivity contribution in [3.05, 3.63) is 0 Å². The van der Waals surface area contributed by atoms with Gasteiger partial charge in [0, 0.05) is 26.0 Å². The minimum atomic E-state index is -0.493.